The fraction of sp³-hybridized carbons (Fsp3) is 0.556. The van der Waals surface area contributed by atoms with Crippen LogP contribution < -0.4 is 15.8 Å². The number of nitrogens with one attached hydrogen (secondary N) is 2. The molecule has 9 heteroatoms. The normalized spacial score (nSPS) is 11.4. The molecule has 0 radical (unpaired) electrons. The minimum atomic E-state index is -3.29. The first kappa shape index (κ1) is 14.9. The van der Waals surface area contributed by atoms with Gasteiger partial charge in [0, 0.05) is 18.5 Å². The van der Waals surface area contributed by atoms with Crippen molar-refractivity contribution < 1.29 is 13.2 Å². The van der Waals surface area contributed by atoms with Gasteiger partial charge < -0.3 is 11.1 Å². The topological polar surface area (TPSA) is 114 Å². The number of rotatable bonds is 7. The summed E-state index contributed by atoms with van der Waals surface area (Å²) in [5.41, 5.74) is 6.02. The van der Waals surface area contributed by atoms with E-state index in [2.05, 4.69) is 15.0 Å². The molecule has 1 rings (SSSR count). The molecule has 1 amide bonds. The Labute approximate surface area is 110 Å². The number of sulfonamides is 1. The fourth-order valence-corrected chi connectivity index (χ4v) is 2.77. The number of nitrogens with zero attached hydrogens (tertiary/aromatic N) is 1. The average molecular weight is 292 g/mol. The van der Waals surface area contributed by atoms with Crippen molar-refractivity contribution in [2.45, 2.75) is 13.3 Å². The highest BCUT2D eigenvalue weighted by molar-refractivity contribution is 7.89. The number of hydrogen-bond donors (Lipinski definition) is 3. The zero-order valence-electron chi connectivity index (χ0n) is 9.97. The van der Waals surface area contributed by atoms with Crippen molar-refractivity contribution in [1.29, 1.82) is 0 Å². The van der Waals surface area contributed by atoms with Crippen molar-refractivity contribution in [3.05, 3.63) is 11.1 Å². The summed E-state index contributed by atoms with van der Waals surface area (Å²) in [6.07, 6.45) is 0.106. The molecule has 0 bridgehead atoms. The molecule has 0 aromatic carbocycles. The van der Waals surface area contributed by atoms with Crippen LogP contribution in [0.5, 0.6) is 0 Å². The molecule has 0 saturated heterocycles. The summed E-state index contributed by atoms with van der Waals surface area (Å²) in [5, 5.41) is 4.63. The van der Waals surface area contributed by atoms with Gasteiger partial charge in [0.05, 0.1) is 17.9 Å². The van der Waals surface area contributed by atoms with Crippen LogP contribution in [0.3, 0.4) is 0 Å². The lowest BCUT2D eigenvalue weighted by Crippen LogP contribution is -2.34. The van der Waals surface area contributed by atoms with Crippen molar-refractivity contribution in [1.82, 2.24) is 15.0 Å². The third-order valence-corrected chi connectivity index (χ3v) is 4.16. The molecule has 0 unspecified atom stereocenters. The van der Waals surface area contributed by atoms with Gasteiger partial charge in [-0.05, 0) is 0 Å². The third kappa shape index (κ3) is 5.43. The number of nitrogens with two attached hydrogens (primary N) is 1. The molecular weight excluding hydrogens is 276 g/mol. The van der Waals surface area contributed by atoms with E-state index in [1.165, 1.54) is 11.3 Å². The Kier molecular flexibility index (Phi) is 5.51. The lowest BCUT2D eigenvalue weighted by atomic mass is 10.3. The molecule has 0 fully saturated rings. The Balaban J connectivity index is 2.30. The Hall–Kier alpha value is -1.19. The van der Waals surface area contributed by atoms with E-state index < -0.39 is 10.0 Å². The van der Waals surface area contributed by atoms with Crippen molar-refractivity contribution in [2.24, 2.45) is 0 Å². The number of aromatic nitrogens is 1. The van der Waals surface area contributed by atoms with E-state index in [9.17, 15) is 13.2 Å². The van der Waals surface area contributed by atoms with E-state index in [1.54, 1.807) is 12.3 Å². The van der Waals surface area contributed by atoms with Gasteiger partial charge in [-0.25, -0.2) is 18.1 Å². The standard InChI is InChI=1S/C9H16N4O3S2/c1-2-12-18(15,16)4-3-11-8(14)5-7-6-17-9(10)13-7/h6,12H,2-5H2,1H3,(H2,10,13)(H,11,14). The molecule has 4 N–H and O–H groups in total. The van der Waals surface area contributed by atoms with Gasteiger partial charge in [-0.3, -0.25) is 4.79 Å². The molecule has 7 nitrogen and oxygen atoms in total. The number of nitrogen functional groups attached to an aromatic ring is 1. The third-order valence-electron chi connectivity index (χ3n) is 1.97. The van der Waals surface area contributed by atoms with Crippen LogP contribution in [-0.4, -0.2) is 38.2 Å². The highest BCUT2D eigenvalue weighted by Gasteiger charge is 2.10. The van der Waals surface area contributed by atoms with E-state index >= 15 is 0 Å². The quantitative estimate of drug-likeness (QED) is 0.616. The molecule has 0 spiro atoms. The average Bonchev–Trinajstić information content (AvgIpc) is 2.63. The van der Waals surface area contributed by atoms with E-state index in [4.69, 9.17) is 5.73 Å². The molecule has 0 aliphatic heterocycles. The smallest absolute Gasteiger partial charge is 0.226 e. The summed E-state index contributed by atoms with van der Waals surface area (Å²) in [5.74, 6) is -0.404. The molecule has 0 aliphatic carbocycles. The summed E-state index contributed by atoms with van der Waals surface area (Å²) in [6.45, 7) is 2.12. The summed E-state index contributed by atoms with van der Waals surface area (Å²) >= 11 is 1.26. The molecule has 1 aromatic rings. The second kappa shape index (κ2) is 6.66. The predicted molar refractivity (Wildman–Crippen MR) is 70.7 cm³/mol. The molecular formula is C9H16N4O3S2. The van der Waals surface area contributed by atoms with Crippen LogP contribution in [0.2, 0.25) is 0 Å². The van der Waals surface area contributed by atoms with Crippen LogP contribution in [0.1, 0.15) is 12.6 Å². The molecule has 18 heavy (non-hydrogen) atoms. The summed E-state index contributed by atoms with van der Waals surface area (Å²) in [4.78, 5) is 15.4. The van der Waals surface area contributed by atoms with Crippen molar-refractivity contribution in [3.63, 3.8) is 0 Å². The molecule has 1 heterocycles. The highest BCUT2D eigenvalue weighted by atomic mass is 32.2. The lowest BCUT2D eigenvalue weighted by molar-refractivity contribution is -0.120. The van der Waals surface area contributed by atoms with Gasteiger partial charge >= 0.3 is 0 Å². The molecule has 0 atom stereocenters. The Morgan fingerprint density at radius 2 is 2.28 bits per heavy atom. The van der Waals surface area contributed by atoms with Crippen LogP contribution in [0.25, 0.3) is 0 Å². The lowest BCUT2D eigenvalue weighted by Gasteiger charge is -2.05. The minimum absolute atomic E-state index is 0.0772. The summed E-state index contributed by atoms with van der Waals surface area (Å²) in [7, 11) is -3.29. The first-order chi connectivity index (χ1) is 8.43. The first-order valence-corrected chi connectivity index (χ1v) is 7.90. The fourth-order valence-electron chi connectivity index (χ4n) is 1.25. The van der Waals surface area contributed by atoms with Gasteiger partial charge in [0.1, 0.15) is 0 Å². The number of hydrogen-bond acceptors (Lipinski definition) is 6. The zero-order chi connectivity index (χ0) is 13.6. The first-order valence-electron chi connectivity index (χ1n) is 5.37. The number of amides is 1. The van der Waals surface area contributed by atoms with Crippen molar-refractivity contribution in [3.8, 4) is 0 Å². The van der Waals surface area contributed by atoms with Crippen molar-refractivity contribution in [2.75, 3.05) is 24.6 Å². The number of carbonyl (C=O) groups excluding carboxylic acids is 1. The van der Waals surface area contributed by atoms with Gasteiger partial charge in [0.15, 0.2) is 5.13 Å². The monoisotopic (exact) mass is 292 g/mol. The van der Waals surface area contributed by atoms with Crippen LogP contribution in [0.4, 0.5) is 5.13 Å². The van der Waals surface area contributed by atoms with Gasteiger partial charge in [0.2, 0.25) is 15.9 Å². The van der Waals surface area contributed by atoms with E-state index in [0.29, 0.717) is 17.4 Å². The SMILES string of the molecule is CCNS(=O)(=O)CCNC(=O)Cc1csc(N)n1. The summed E-state index contributed by atoms with van der Waals surface area (Å²) in [6, 6.07) is 0. The van der Waals surface area contributed by atoms with Crippen LogP contribution in [-0.2, 0) is 21.2 Å². The number of thiazole rings is 1. The maximum absolute atomic E-state index is 11.5. The molecule has 102 valence electrons. The van der Waals surface area contributed by atoms with Gasteiger partial charge in [0.25, 0.3) is 0 Å². The van der Waals surface area contributed by atoms with E-state index in [-0.39, 0.29) is 24.6 Å². The zero-order valence-corrected chi connectivity index (χ0v) is 11.6. The van der Waals surface area contributed by atoms with Gasteiger partial charge in [-0.2, -0.15) is 0 Å². The van der Waals surface area contributed by atoms with Gasteiger partial charge in [-0.1, -0.05) is 6.92 Å². The Bertz CT molecular complexity index is 498. The van der Waals surface area contributed by atoms with Gasteiger partial charge in [-0.15, -0.1) is 11.3 Å². The maximum Gasteiger partial charge on any atom is 0.226 e. The Morgan fingerprint density at radius 3 is 2.83 bits per heavy atom. The molecule has 0 saturated carbocycles. The summed E-state index contributed by atoms with van der Waals surface area (Å²) < 4.78 is 24.9. The van der Waals surface area contributed by atoms with Crippen LogP contribution >= 0.6 is 11.3 Å². The second-order valence-corrected chi connectivity index (χ2v) is 6.34. The van der Waals surface area contributed by atoms with E-state index in [0.717, 1.165) is 0 Å². The molecule has 0 aliphatic rings. The van der Waals surface area contributed by atoms with Crippen LogP contribution in [0.15, 0.2) is 5.38 Å². The highest BCUT2D eigenvalue weighted by Crippen LogP contribution is 2.10. The predicted octanol–water partition coefficient (Wildman–Crippen LogP) is -0.677. The second-order valence-electron chi connectivity index (χ2n) is 3.52. The largest absolute Gasteiger partial charge is 0.375 e. The van der Waals surface area contributed by atoms with Crippen LogP contribution in [0, 0.1) is 0 Å². The maximum atomic E-state index is 11.5. The number of anilines is 1. The Morgan fingerprint density at radius 1 is 1.56 bits per heavy atom. The van der Waals surface area contributed by atoms with Crippen molar-refractivity contribution >= 4 is 32.4 Å². The van der Waals surface area contributed by atoms with E-state index in [1.807, 2.05) is 0 Å². The minimum Gasteiger partial charge on any atom is -0.375 e. The molecule has 1 aromatic heterocycles. The number of carbonyl (C=O) groups is 1.